The van der Waals surface area contributed by atoms with Crippen molar-refractivity contribution in [2.45, 2.75) is 32.5 Å². The van der Waals surface area contributed by atoms with Crippen LogP contribution in [0.5, 0.6) is 0 Å². The predicted molar refractivity (Wildman–Crippen MR) is 49.8 cm³/mol. The van der Waals surface area contributed by atoms with E-state index in [0.717, 1.165) is 13.0 Å². The molecule has 70 valence electrons. The van der Waals surface area contributed by atoms with E-state index in [1.54, 1.807) is 0 Å². The van der Waals surface area contributed by atoms with Crippen LogP contribution in [0.1, 0.15) is 27.2 Å². The average Bonchev–Trinajstić information content (AvgIpc) is 2.31. The Labute approximate surface area is 74.3 Å². The van der Waals surface area contributed by atoms with Gasteiger partial charge in [0.2, 0.25) is 0 Å². The molecule has 1 fully saturated rings. The maximum atomic E-state index is 9.35. The smallest absolute Gasteiger partial charge is 0.427 e. The molecule has 0 bridgehead atoms. The van der Waals surface area contributed by atoms with E-state index in [0.29, 0.717) is 6.54 Å². The first-order valence-electron chi connectivity index (χ1n) is 4.47. The van der Waals surface area contributed by atoms with Gasteiger partial charge in [0, 0.05) is 5.31 Å². The van der Waals surface area contributed by atoms with E-state index in [9.17, 15) is 10.0 Å². The van der Waals surface area contributed by atoms with Gasteiger partial charge in [-0.15, -0.1) is 0 Å². The molecule has 1 unspecified atom stereocenters. The quantitative estimate of drug-likeness (QED) is 0.495. The molecule has 0 aromatic rings. The lowest BCUT2D eigenvalue weighted by molar-refractivity contribution is 0.212. The highest BCUT2D eigenvalue weighted by atomic mass is 16.4. The third-order valence-corrected chi connectivity index (χ3v) is 3.18. The summed E-state index contributed by atoms with van der Waals surface area (Å²) in [5.41, 5.74) is -0.0648. The molecular weight excluding hydrogens is 153 g/mol. The number of rotatable bonds is 1. The van der Waals surface area contributed by atoms with Crippen molar-refractivity contribution >= 4 is 7.12 Å². The Kier molecular flexibility index (Phi) is 2.52. The van der Waals surface area contributed by atoms with Crippen molar-refractivity contribution in [1.82, 2.24) is 5.32 Å². The summed E-state index contributed by atoms with van der Waals surface area (Å²) in [5, 5.41) is 21.5. The average molecular weight is 171 g/mol. The first-order valence-corrected chi connectivity index (χ1v) is 4.47. The predicted octanol–water partition coefficient (Wildman–Crippen LogP) is 0.239. The van der Waals surface area contributed by atoms with Crippen molar-refractivity contribution in [2.75, 3.05) is 13.1 Å². The van der Waals surface area contributed by atoms with E-state index in [2.05, 4.69) is 26.1 Å². The van der Waals surface area contributed by atoms with Gasteiger partial charge >= 0.3 is 7.12 Å². The van der Waals surface area contributed by atoms with Gasteiger partial charge in [-0.2, -0.15) is 0 Å². The summed E-state index contributed by atoms with van der Waals surface area (Å²) >= 11 is 0. The van der Waals surface area contributed by atoms with Gasteiger partial charge in [-0.3, -0.25) is 0 Å². The minimum absolute atomic E-state index is 0.0648. The summed E-state index contributed by atoms with van der Waals surface area (Å²) in [7, 11) is -1.22. The molecule has 0 aliphatic carbocycles. The van der Waals surface area contributed by atoms with Gasteiger partial charge in [-0.1, -0.05) is 20.8 Å². The van der Waals surface area contributed by atoms with Gasteiger partial charge in [0.25, 0.3) is 0 Å². The molecule has 3 N–H and O–H groups in total. The zero-order valence-corrected chi connectivity index (χ0v) is 8.09. The van der Waals surface area contributed by atoms with Gasteiger partial charge in [-0.25, -0.2) is 0 Å². The third kappa shape index (κ3) is 1.39. The highest BCUT2D eigenvalue weighted by Crippen LogP contribution is 2.50. The molecule has 1 rings (SSSR count). The lowest BCUT2D eigenvalue weighted by Crippen LogP contribution is -2.44. The molecule has 0 spiro atoms. The van der Waals surface area contributed by atoms with E-state index in [1.807, 2.05) is 0 Å². The van der Waals surface area contributed by atoms with E-state index in [4.69, 9.17) is 0 Å². The fraction of sp³-hybridized carbons (Fsp3) is 1.00. The summed E-state index contributed by atoms with van der Waals surface area (Å²) < 4.78 is 0. The first kappa shape index (κ1) is 10.0. The lowest BCUT2D eigenvalue weighted by Gasteiger charge is -2.40. The second-order valence-corrected chi connectivity index (χ2v) is 4.71. The van der Waals surface area contributed by atoms with Crippen LogP contribution in [0.4, 0.5) is 0 Å². The molecule has 1 atom stereocenters. The van der Waals surface area contributed by atoms with Gasteiger partial charge < -0.3 is 15.4 Å². The van der Waals surface area contributed by atoms with Crippen LogP contribution in [0.2, 0.25) is 5.31 Å². The van der Waals surface area contributed by atoms with Crippen molar-refractivity contribution in [3.05, 3.63) is 0 Å². The summed E-state index contributed by atoms with van der Waals surface area (Å²) in [6.07, 6.45) is 0.841. The molecule has 0 saturated carbocycles. The largest absolute Gasteiger partial charge is 0.460 e. The molecule has 3 nitrogen and oxygen atoms in total. The summed E-state index contributed by atoms with van der Waals surface area (Å²) in [6.45, 7) is 7.75. The van der Waals surface area contributed by atoms with Crippen molar-refractivity contribution in [2.24, 2.45) is 5.41 Å². The summed E-state index contributed by atoms with van der Waals surface area (Å²) in [4.78, 5) is 0. The Bertz CT molecular complexity index is 159. The molecule has 0 aromatic carbocycles. The van der Waals surface area contributed by atoms with Gasteiger partial charge in [-0.05, 0) is 24.9 Å². The maximum absolute atomic E-state index is 9.35. The monoisotopic (exact) mass is 171 g/mol. The second kappa shape index (κ2) is 3.02. The van der Waals surface area contributed by atoms with Crippen LogP contribution in [0.15, 0.2) is 0 Å². The Hall–Kier alpha value is -0.0551. The van der Waals surface area contributed by atoms with Crippen LogP contribution < -0.4 is 5.32 Å². The Morgan fingerprint density at radius 1 is 1.33 bits per heavy atom. The normalized spacial score (nSPS) is 30.8. The van der Waals surface area contributed by atoms with Crippen LogP contribution in [0.25, 0.3) is 0 Å². The van der Waals surface area contributed by atoms with E-state index >= 15 is 0 Å². The van der Waals surface area contributed by atoms with Crippen LogP contribution in [-0.2, 0) is 0 Å². The number of hydrogen-bond donors (Lipinski definition) is 3. The van der Waals surface area contributed by atoms with Crippen molar-refractivity contribution in [3.63, 3.8) is 0 Å². The van der Waals surface area contributed by atoms with E-state index in [-0.39, 0.29) is 10.7 Å². The number of hydrogen-bond acceptors (Lipinski definition) is 3. The minimum atomic E-state index is -1.22. The van der Waals surface area contributed by atoms with E-state index in [1.165, 1.54) is 0 Å². The fourth-order valence-corrected chi connectivity index (χ4v) is 1.96. The minimum Gasteiger partial charge on any atom is -0.427 e. The van der Waals surface area contributed by atoms with Crippen molar-refractivity contribution < 1.29 is 10.0 Å². The fourth-order valence-electron chi connectivity index (χ4n) is 1.96. The SMILES string of the molecule is CC(C)(C)C1(B(O)O)CCNC1. The maximum Gasteiger partial charge on any atom is 0.460 e. The zero-order valence-electron chi connectivity index (χ0n) is 8.09. The molecule has 1 aliphatic rings. The van der Waals surface area contributed by atoms with Gasteiger partial charge in [0.15, 0.2) is 0 Å². The molecule has 1 saturated heterocycles. The standard InChI is InChI=1S/C8H18BNO2/c1-7(2,3)8(9(11)12)4-5-10-6-8/h10-12H,4-6H2,1-3H3. The third-order valence-electron chi connectivity index (χ3n) is 3.18. The van der Waals surface area contributed by atoms with E-state index < -0.39 is 7.12 Å². The molecule has 0 aromatic heterocycles. The molecule has 0 radical (unpaired) electrons. The Morgan fingerprint density at radius 2 is 1.92 bits per heavy atom. The topological polar surface area (TPSA) is 52.5 Å². The van der Waals surface area contributed by atoms with Gasteiger partial charge in [0.1, 0.15) is 0 Å². The zero-order chi connectivity index (χ0) is 9.41. The molecule has 4 heteroatoms. The highest BCUT2D eigenvalue weighted by molar-refractivity contribution is 6.46. The molecule has 1 heterocycles. The van der Waals surface area contributed by atoms with Crippen LogP contribution in [0, 0.1) is 5.41 Å². The second-order valence-electron chi connectivity index (χ2n) is 4.71. The molecule has 0 amide bonds. The molecule has 12 heavy (non-hydrogen) atoms. The van der Waals surface area contributed by atoms with Gasteiger partial charge in [0.05, 0.1) is 0 Å². The van der Waals surface area contributed by atoms with Crippen LogP contribution in [-0.4, -0.2) is 30.3 Å². The van der Waals surface area contributed by atoms with Crippen molar-refractivity contribution in [1.29, 1.82) is 0 Å². The highest BCUT2D eigenvalue weighted by Gasteiger charge is 2.52. The summed E-state index contributed by atoms with van der Waals surface area (Å²) in [5.74, 6) is 0. The van der Waals surface area contributed by atoms with Crippen LogP contribution >= 0.6 is 0 Å². The Morgan fingerprint density at radius 3 is 2.08 bits per heavy atom. The summed E-state index contributed by atoms with van der Waals surface area (Å²) in [6, 6.07) is 0. The van der Waals surface area contributed by atoms with Crippen molar-refractivity contribution in [3.8, 4) is 0 Å². The first-order chi connectivity index (χ1) is 5.40. The molecular formula is C8H18BNO2. The Balaban J connectivity index is 2.87. The number of nitrogens with one attached hydrogen (secondary N) is 1. The molecule has 1 aliphatic heterocycles. The van der Waals surface area contributed by atoms with Crippen LogP contribution in [0.3, 0.4) is 0 Å². The lowest BCUT2D eigenvalue weighted by atomic mass is 9.46.